The van der Waals surface area contributed by atoms with Gasteiger partial charge in [-0.1, -0.05) is 42.1 Å². The summed E-state index contributed by atoms with van der Waals surface area (Å²) in [7, 11) is 0. The third-order valence-corrected chi connectivity index (χ3v) is 4.77. The molecular formula is C19H19FN4OS. The fourth-order valence-electron chi connectivity index (χ4n) is 2.47. The Morgan fingerprint density at radius 1 is 1.12 bits per heavy atom. The maximum absolute atomic E-state index is 13.1. The molecule has 134 valence electrons. The molecule has 3 aromatic rings. The fraction of sp³-hybridized carbons (Fsp3) is 0.211. The van der Waals surface area contributed by atoms with Crippen LogP contribution >= 0.6 is 11.8 Å². The maximum Gasteiger partial charge on any atom is 0.230 e. The summed E-state index contributed by atoms with van der Waals surface area (Å²) in [6.07, 6.45) is 0. The zero-order valence-electron chi connectivity index (χ0n) is 14.4. The normalized spacial score (nSPS) is 10.7. The Balaban J connectivity index is 1.61. The lowest BCUT2D eigenvalue weighted by molar-refractivity contribution is -0.118. The van der Waals surface area contributed by atoms with Gasteiger partial charge in [0.2, 0.25) is 5.91 Å². The Labute approximate surface area is 155 Å². The van der Waals surface area contributed by atoms with Crippen LogP contribution in [-0.2, 0) is 17.9 Å². The largest absolute Gasteiger partial charge is 0.351 e. The van der Waals surface area contributed by atoms with Crippen molar-refractivity contribution >= 4 is 17.7 Å². The van der Waals surface area contributed by atoms with E-state index >= 15 is 0 Å². The van der Waals surface area contributed by atoms with E-state index in [0.29, 0.717) is 24.1 Å². The molecule has 0 aliphatic rings. The highest BCUT2D eigenvalue weighted by atomic mass is 32.2. The summed E-state index contributed by atoms with van der Waals surface area (Å²) >= 11 is 1.34. The van der Waals surface area contributed by atoms with Crippen molar-refractivity contribution in [2.75, 3.05) is 5.75 Å². The van der Waals surface area contributed by atoms with E-state index in [2.05, 4.69) is 15.5 Å². The second kappa shape index (κ2) is 8.62. The standard InChI is InChI=1S/C19H19FN4OS/c1-2-24-18(15-8-10-16(20)11-9-15)22-23-19(24)26-13-17(25)21-12-14-6-4-3-5-7-14/h3-11H,2,12-13H2,1H3,(H,21,25). The average molecular weight is 370 g/mol. The van der Waals surface area contributed by atoms with E-state index in [1.165, 1.54) is 23.9 Å². The summed E-state index contributed by atoms with van der Waals surface area (Å²) < 4.78 is 15.0. The SMILES string of the molecule is CCn1c(SCC(=O)NCc2ccccc2)nnc1-c1ccc(F)cc1. The quantitative estimate of drug-likeness (QED) is 0.647. The molecule has 0 radical (unpaired) electrons. The maximum atomic E-state index is 13.1. The molecule has 1 heterocycles. The molecular weight excluding hydrogens is 351 g/mol. The van der Waals surface area contributed by atoms with E-state index in [4.69, 9.17) is 0 Å². The first-order valence-electron chi connectivity index (χ1n) is 8.30. The lowest BCUT2D eigenvalue weighted by Gasteiger charge is -2.08. The van der Waals surface area contributed by atoms with Crippen LogP contribution in [0.5, 0.6) is 0 Å². The lowest BCUT2D eigenvalue weighted by Crippen LogP contribution is -2.24. The molecule has 26 heavy (non-hydrogen) atoms. The third-order valence-electron chi connectivity index (χ3n) is 3.80. The Kier molecular flexibility index (Phi) is 6.01. The van der Waals surface area contributed by atoms with Gasteiger partial charge in [-0.15, -0.1) is 10.2 Å². The molecule has 0 spiro atoms. The van der Waals surface area contributed by atoms with Crippen molar-refractivity contribution in [3.63, 3.8) is 0 Å². The molecule has 2 aromatic carbocycles. The van der Waals surface area contributed by atoms with Crippen LogP contribution in [0.1, 0.15) is 12.5 Å². The van der Waals surface area contributed by atoms with E-state index in [1.54, 1.807) is 12.1 Å². The van der Waals surface area contributed by atoms with Gasteiger partial charge >= 0.3 is 0 Å². The van der Waals surface area contributed by atoms with Gasteiger partial charge in [-0.05, 0) is 36.8 Å². The summed E-state index contributed by atoms with van der Waals surface area (Å²) in [6, 6.07) is 15.9. The van der Waals surface area contributed by atoms with Gasteiger partial charge in [-0.25, -0.2) is 4.39 Å². The van der Waals surface area contributed by atoms with E-state index in [1.807, 2.05) is 41.8 Å². The highest BCUT2D eigenvalue weighted by molar-refractivity contribution is 7.99. The number of hydrogen-bond acceptors (Lipinski definition) is 4. The number of rotatable bonds is 7. The number of nitrogens with zero attached hydrogens (tertiary/aromatic N) is 3. The number of amides is 1. The number of carbonyl (C=O) groups is 1. The van der Waals surface area contributed by atoms with Crippen LogP contribution in [0.3, 0.4) is 0 Å². The molecule has 3 rings (SSSR count). The van der Waals surface area contributed by atoms with E-state index in [9.17, 15) is 9.18 Å². The summed E-state index contributed by atoms with van der Waals surface area (Å²) in [5.74, 6) is 0.572. The van der Waals surface area contributed by atoms with Crippen molar-refractivity contribution < 1.29 is 9.18 Å². The molecule has 0 saturated carbocycles. The molecule has 0 unspecified atom stereocenters. The molecule has 0 saturated heterocycles. The van der Waals surface area contributed by atoms with Gasteiger partial charge in [0, 0.05) is 18.7 Å². The Hall–Kier alpha value is -2.67. The van der Waals surface area contributed by atoms with Gasteiger partial charge in [0.05, 0.1) is 5.75 Å². The van der Waals surface area contributed by atoms with Crippen LogP contribution in [0.2, 0.25) is 0 Å². The first-order chi connectivity index (χ1) is 12.7. The first-order valence-corrected chi connectivity index (χ1v) is 9.28. The van der Waals surface area contributed by atoms with Gasteiger partial charge in [0.15, 0.2) is 11.0 Å². The second-order valence-electron chi connectivity index (χ2n) is 5.61. The number of benzene rings is 2. The number of nitrogens with one attached hydrogen (secondary N) is 1. The van der Waals surface area contributed by atoms with Crippen molar-refractivity contribution in [1.29, 1.82) is 0 Å². The third kappa shape index (κ3) is 4.49. The highest BCUT2D eigenvalue weighted by Gasteiger charge is 2.14. The van der Waals surface area contributed by atoms with E-state index in [0.717, 1.165) is 11.1 Å². The van der Waals surface area contributed by atoms with Crippen LogP contribution in [0.15, 0.2) is 59.8 Å². The average Bonchev–Trinajstić information content (AvgIpc) is 3.09. The van der Waals surface area contributed by atoms with Gasteiger partial charge < -0.3 is 9.88 Å². The predicted octanol–water partition coefficient (Wildman–Crippen LogP) is 3.51. The van der Waals surface area contributed by atoms with Gasteiger partial charge in [-0.3, -0.25) is 4.79 Å². The molecule has 1 aromatic heterocycles. The predicted molar refractivity (Wildman–Crippen MR) is 100 cm³/mol. The lowest BCUT2D eigenvalue weighted by atomic mass is 10.2. The highest BCUT2D eigenvalue weighted by Crippen LogP contribution is 2.24. The fourth-order valence-corrected chi connectivity index (χ4v) is 3.30. The van der Waals surface area contributed by atoms with Gasteiger partial charge in [0.25, 0.3) is 0 Å². The summed E-state index contributed by atoms with van der Waals surface area (Å²) in [4.78, 5) is 12.1. The second-order valence-corrected chi connectivity index (χ2v) is 6.55. The van der Waals surface area contributed by atoms with Crippen molar-refractivity contribution in [2.45, 2.75) is 25.2 Å². The van der Waals surface area contributed by atoms with Crippen molar-refractivity contribution in [3.8, 4) is 11.4 Å². The van der Waals surface area contributed by atoms with Crippen molar-refractivity contribution in [1.82, 2.24) is 20.1 Å². The minimum atomic E-state index is -0.291. The number of carbonyl (C=O) groups excluding carboxylic acids is 1. The summed E-state index contributed by atoms with van der Waals surface area (Å²) in [5, 5.41) is 11.9. The van der Waals surface area contributed by atoms with Crippen molar-refractivity contribution in [3.05, 3.63) is 66.0 Å². The van der Waals surface area contributed by atoms with Crippen LogP contribution in [0.25, 0.3) is 11.4 Å². The molecule has 0 fully saturated rings. The molecule has 0 bridgehead atoms. The Bertz CT molecular complexity index is 865. The summed E-state index contributed by atoms with van der Waals surface area (Å²) in [5.41, 5.74) is 1.85. The van der Waals surface area contributed by atoms with E-state index in [-0.39, 0.29) is 17.5 Å². The molecule has 0 aliphatic carbocycles. The van der Waals surface area contributed by atoms with Crippen molar-refractivity contribution in [2.24, 2.45) is 0 Å². The first kappa shape index (κ1) is 18.1. The Morgan fingerprint density at radius 2 is 1.85 bits per heavy atom. The van der Waals surface area contributed by atoms with Crippen LogP contribution < -0.4 is 5.32 Å². The van der Waals surface area contributed by atoms with Gasteiger partial charge in [-0.2, -0.15) is 0 Å². The molecule has 7 heteroatoms. The van der Waals surface area contributed by atoms with Crippen LogP contribution in [-0.4, -0.2) is 26.4 Å². The number of halogens is 1. The minimum absolute atomic E-state index is 0.0622. The molecule has 0 aliphatic heterocycles. The summed E-state index contributed by atoms with van der Waals surface area (Å²) in [6.45, 7) is 3.14. The Morgan fingerprint density at radius 3 is 2.54 bits per heavy atom. The zero-order chi connectivity index (χ0) is 18.4. The van der Waals surface area contributed by atoms with Crippen LogP contribution in [0.4, 0.5) is 4.39 Å². The minimum Gasteiger partial charge on any atom is -0.351 e. The number of aromatic nitrogens is 3. The molecule has 0 atom stereocenters. The molecule has 5 nitrogen and oxygen atoms in total. The van der Waals surface area contributed by atoms with Gasteiger partial charge in [0.1, 0.15) is 5.82 Å². The monoisotopic (exact) mass is 370 g/mol. The topological polar surface area (TPSA) is 59.8 Å². The smallest absolute Gasteiger partial charge is 0.230 e. The zero-order valence-corrected chi connectivity index (χ0v) is 15.2. The van der Waals surface area contributed by atoms with E-state index < -0.39 is 0 Å². The number of thioether (sulfide) groups is 1. The molecule has 1 N–H and O–H groups in total. The number of hydrogen-bond donors (Lipinski definition) is 1. The van der Waals surface area contributed by atoms with Crippen LogP contribution in [0, 0.1) is 5.82 Å². The molecule has 1 amide bonds.